The first-order chi connectivity index (χ1) is 8.63. The normalized spacial score (nSPS) is 16.8. The number of para-hydroxylation sites is 1. The first-order valence-electron chi connectivity index (χ1n) is 6.11. The maximum atomic E-state index is 12.2. The topological polar surface area (TPSA) is 86.8 Å². The number of piperidine rings is 1. The van der Waals surface area contributed by atoms with E-state index in [1.807, 2.05) is 0 Å². The summed E-state index contributed by atoms with van der Waals surface area (Å²) >= 11 is 0. The van der Waals surface area contributed by atoms with Gasteiger partial charge in [0.25, 0.3) is 5.91 Å². The molecule has 0 aliphatic carbocycles. The van der Waals surface area contributed by atoms with Crippen molar-refractivity contribution in [3.8, 4) is 5.75 Å². The third kappa shape index (κ3) is 2.41. The van der Waals surface area contributed by atoms with E-state index in [0.29, 0.717) is 13.1 Å². The number of nitrogen functional groups attached to an aromatic ring is 1. The summed E-state index contributed by atoms with van der Waals surface area (Å²) in [7, 11) is 0. The van der Waals surface area contributed by atoms with E-state index < -0.39 is 0 Å². The molecule has 1 aliphatic heterocycles. The quantitative estimate of drug-likeness (QED) is 0.535. The lowest BCUT2D eigenvalue weighted by Crippen LogP contribution is -2.39. The van der Waals surface area contributed by atoms with Crippen LogP contribution in [0.3, 0.4) is 0 Å². The van der Waals surface area contributed by atoms with Gasteiger partial charge in [-0.15, -0.1) is 0 Å². The monoisotopic (exact) mass is 250 g/mol. The molecule has 1 amide bonds. The number of amides is 1. The minimum Gasteiger partial charge on any atom is -0.505 e. The standard InChI is InChI=1S/C13H18N2O3/c14-11-3-1-2-10(12(11)17)13(18)15-6-4-9(8-16)5-7-15/h1-3,9,16-17H,4-8,14H2. The number of aliphatic hydroxyl groups is 1. The Balaban J connectivity index is 2.10. The van der Waals surface area contributed by atoms with Gasteiger partial charge >= 0.3 is 0 Å². The first-order valence-corrected chi connectivity index (χ1v) is 6.11. The molecule has 98 valence electrons. The Bertz CT molecular complexity index is 440. The number of phenolic OH excluding ortho intramolecular Hbond substituents is 1. The molecule has 1 aromatic rings. The number of nitrogens with two attached hydrogens (primary N) is 1. The molecule has 0 atom stereocenters. The molecule has 0 saturated carbocycles. The van der Waals surface area contributed by atoms with Crippen molar-refractivity contribution in [1.82, 2.24) is 4.90 Å². The summed E-state index contributed by atoms with van der Waals surface area (Å²) < 4.78 is 0. The fraction of sp³-hybridized carbons (Fsp3) is 0.462. The second-order valence-electron chi connectivity index (χ2n) is 4.66. The van der Waals surface area contributed by atoms with Gasteiger partial charge in [0.15, 0.2) is 5.75 Å². The maximum absolute atomic E-state index is 12.2. The second-order valence-corrected chi connectivity index (χ2v) is 4.66. The van der Waals surface area contributed by atoms with Crippen molar-refractivity contribution in [2.75, 3.05) is 25.4 Å². The molecule has 0 unspecified atom stereocenters. The molecule has 1 saturated heterocycles. The summed E-state index contributed by atoms with van der Waals surface area (Å²) in [5.74, 6) is -0.0635. The van der Waals surface area contributed by atoms with Gasteiger partial charge in [-0.05, 0) is 30.9 Å². The molecule has 4 N–H and O–H groups in total. The number of hydrogen-bond donors (Lipinski definition) is 3. The number of aromatic hydroxyl groups is 1. The van der Waals surface area contributed by atoms with Gasteiger partial charge < -0.3 is 20.8 Å². The molecule has 5 nitrogen and oxygen atoms in total. The largest absolute Gasteiger partial charge is 0.505 e. The molecule has 0 bridgehead atoms. The number of rotatable bonds is 2. The predicted octanol–water partition coefficient (Wildman–Crippen LogP) is 0.819. The van der Waals surface area contributed by atoms with Gasteiger partial charge in [0.1, 0.15) is 0 Å². The molecule has 2 rings (SSSR count). The number of aliphatic hydroxyl groups excluding tert-OH is 1. The summed E-state index contributed by atoms with van der Waals surface area (Å²) in [6.07, 6.45) is 1.59. The van der Waals surface area contributed by atoms with Gasteiger partial charge in [0.2, 0.25) is 0 Å². The average Bonchev–Trinajstić information content (AvgIpc) is 2.41. The second kappa shape index (κ2) is 5.27. The van der Waals surface area contributed by atoms with Gasteiger partial charge in [-0.25, -0.2) is 0 Å². The Morgan fingerprint density at radius 1 is 1.39 bits per heavy atom. The molecular weight excluding hydrogens is 232 g/mol. The van der Waals surface area contributed by atoms with Crippen molar-refractivity contribution in [3.63, 3.8) is 0 Å². The van der Waals surface area contributed by atoms with E-state index in [0.717, 1.165) is 12.8 Å². The Hall–Kier alpha value is -1.75. The molecule has 1 aromatic carbocycles. The number of carbonyl (C=O) groups excluding carboxylic acids is 1. The highest BCUT2D eigenvalue weighted by Crippen LogP contribution is 2.27. The number of likely N-dealkylation sites (tertiary alicyclic amines) is 1. The van der Waals surface area contributed by atoms with E-state index in [2.05, 4.69) is 0 Å². The van der Waals surface area contributed by atoms with Crippen LogP contribution in [0.5, 0.6) is 5.75 Å². The molecule has 0 radical (unpaired) electrons. The highest BCUT2D eigenvalue weighted by Gasteiger charge is 2.25. The SMILES string of the molecule is Nc1cccc(C(=O)N2CCC(CO)CC2)c1O. The summed E-state index contributed by atoms with van der Waals surface area (Å²) in [4.78, 5) is 13.9. The summed E-state index contributed by atoms with van der Waals surface area (Å²) in [6.45, 7) is 1.39. The maximum Gasteiger partial charge on any atom is 0.257 e. The van der Waals surface area contributed by atoms with E-state index in [-0.39, 0.29) is 35.4 Å². The van der Waals surface area contributed by atoms with Gasteiger partial charge in [-0.1, -0.05) is 6.07 Å². The van der Waals surface area contributed by atoms with E-state index in [1.54, 1.807) is 23.1 Å². The number of nitrogens with zero attached hydrogens (tertiary/aromatic N) is 1. The number of benzene rings is 1. The molecule has 1 heterocycles. The summed E-state index contributed by atoms with van der Waals surface area (Å²) in [6, 6.07) is 4.79. The smallest absolute Gasteiger partial charge is 0.257 e. The van der Waals surface area contributed by atoms with Crippen molar-refractivity contribution >= 4 is 11.6 Å². The van der Waals surface area contributed by atoms with Crippen LogP contribution in [0, 0.1) is 5.92 Å². The van der Waals surface area contributed by atoms with Crippen molar-refractivity contribution in [2.24, 2.45) is 5.92 Å². The van der Waals surface area contributed by atoms with Crippen LogP contribution < -0.4 is 5.73 Å². The Kier molecular flexibility index (Phi) is 3.72. The number of anilines is 1. The van der Waals surface area contributed by atoms with Crippen molar-refractivity contribution < 1.29 is 15.0 Å². The third-order valence-corrected chi connectivity index (χ3v) is 3.46. The predicted molar refractivity (Wildman–Crippen MR) is 68.2 cm³/mol. The number of carbonyl (C=O) groups is 1. The lowest BCUT2D eigenvalue weighted by atomic mass is 9.97. The van der Waals surface area contributed by atoms with Crippen LogP contribution >= 0.6 is 0 Å². The molecule has 18 heavy (non-hydrogen) atoms. The first kappa shape index (κ1) is 12.7. The van der Waals surface area contributed by atoms with Crippen LogP contribution in [0.25, 0.3) is 0 Å². The zero-order chi connectivity index (χ0) is 13.1. The number of hydrogen-bond acceptors (Lipinski definition) is 4. The van der Waals surface area contributed by atoms with Gasteiger partial charge in [-0.2, -0.15) is 0 Å². The minimum atomic E-state index is -0.198. The van der Waals surface area contributed by atoms with Crippen LogP contribution in [0.4, 0.5) is 5.69 Å². The van der Waals surface area contributed by atoms with Crippen molar-refractivity contribution in [1.29, 1.82) is 0 Å². The summed E-state index contributed by atoms with van der Waals surface area (Å²) in [5.41, 5.74) is 6.04. The van der Waals surface area contributed by atoms with Crippen LogP contribution in [0.15, 0.2) is 18.2 Å². The fourth-order valence-electron chi connectivity index (χ4n) is 2.22. The van der Waals surface area contributed by atoms with Gasteiger partial charge in [0, 0.05) is 19.7 Å². The highest BCUT2D eigenvalue weighted by molar-refractivity contribution is 5.98. The van der Waals surface area contributed by atoms with E-state index in [9.17, 15) is 9.90 Å². The van der Waals surface area contributed by atoms with Crippen LogP contribution in [0.2, 0.25) is 0 Å². The minimum absolute atomic E-state index is 0.146. The lowest BCUT2D eigenvalue weighted by Gasteiger charge is -2.31. The van der Waals surface area contributed by atoms with E-state index in [4.69, 9.17) is 10.8 Å². The molecule has 0 spiro atoms. The van der Waals surface area contributed by atoms with E-state index in [1.165, 1.54) is 0 Å². The fourth-order valence-corrected chi connectivity index (χ4v) is 2.22. The molecule has 5 heteroatoms. The van der Waals surface area contributed by atoms with E-state index >= 15 is 0 Å². The molecular formula is C13H18N2O3. The molecule has 1 fully saturated rings. The lowest BCUT2D eigenvalue weighted by molar-refractivity contribution is 0.0648. The van der Waals surface area contributed by atoms with Crippen LogP contribution in [-0.4, -0.2) is 40.7 Å². The number of phenols is 1. The average molecular weight is 250 g/mol. The molecule has 0 aromatic heterocycles. The highest BCUT2D eigenvalue weighted by atomic mass is 16.3. The summed E-state index contributed by atoms with van der Waals surface area (Å²) in [5, 5.41) is 18.8. The zero-order valence-corrected chi connectivity index (χ0v) is 10.2. The van der Waals surface area contributed by atoms with Crippen molar-refractivity contribution in [3.05, 3.63) is 23.8 Å². The van der Waals surface area contributed by atoms with Gasteiger partial charge in [-0.3, -0.25) is 4.79 Å². The van der Waals surface area contributed by atoms with Crippen LogP contribution in [0.1, 0.15) is 23.2 Å². The third-order valence-electron chi connectivity index (χ3n) is 3.46. The molecule has 1 aliphatic rings. The van der Waals surface area contributed by atoms with Crippen LogP contribution in [-0.2, 0) is 0 Å². The Morgan fingerprint density at radius 2 is 2.06 bits per heavy atom. The zero-order valence-electron chi connectivity index (χ0n) is 10.2. The Morgan fingerprint density at radius 3 is 2.67 bits per heavy atom. The Labute approximate surface area is 106 Å². The van der Waals surface area contributed by atoms with Crippen molar-refractivity contribution in [2.45, 2.75) is 12.8 Å². The van der Waals surface area contributed by atoms with Gasteiger partial charge in [0.05, 0.1) is 11.3 Å².